The van der Waals surface area contributed by atoms with Gasteiger partial charge in [0.15, 0.2) is 5.96 Å². The smallest absolute Gasteiger partial charge is 0.190 e. The maximum atomic E-state index is 13.5. The summed E-state index contributed by atoms with van der Waals surface area (Å²) < 4.78 is 13.5. The molecule has 0 saturated heterocycles. The molecule has 4 nitrogen and oxygen atoms in total. The largest absolute Gasteiger partial charge is 0.356 e. The molecule has 1 rings (SSSR count). The van der Waals surface area contributed by atoms with Crippen LogP contribution in [0.15, 0.2) is 29.3 Å². The van der Waals surface area contributed by atoms with Gasteiger partial charge in [0, 0.05) is 20.1 Å². The second-order valence-electron chi connectivity index (χ2n) is 5.15. The summed E-state index contributed by atoms with van der Waals surface area (Å²) in [6, 6.07) is 6.88. The Hall–Kier alpha value is -0.890. The second kappa shape index (κ2) is 13.5. The number of nitrogens with zero attached hydrogens (tertiary/aromatic N) is 2. The third-order valence-corrected chi connectivity index (χ3v) is 3.71. The van der Waals surface area contributed by atoms with E-state index in [-0.39, 0.29) is 29.8 Å². The molecule has 0 bridgehead atoms. The summed E-state index contributed by atoms with van der Waals surface area (Å²) >= 11 is 0. The highest BCUT2D eigenvalue weighted by Gasteiger charge is 2.02. The topological polar surface area (TPSA) is 39.7 Å². The van der Waals surface area contributed by atoms with Gasteiger partial charge in [0.1, 0.15) is 5.82 Å². The Morgan fingerprint density at radius 1 is 1.13 bits per heavy atom. The number of guanidine groups is 1. The number of hydrogen-bond donors (Lipinski definition) is 2. The van der Waals surface area contributed by atoms with Crippen LogP contribution in [-0.4, -0.2) is 50.6 Å². The average molecular weight is 436 g/mol. The third kappa shape index (κ3) is 9.10. The van der Waals surface area contributed by atoms with E-state index in [2.05, 4.69) is 34.4 Å². The van der Waals surface area contributed by atoms with Gasteiger partial charge in [-0.2, -0.15) is 0 Å². The Morgan fingerprint density at radius 2 is 1.78 bits per heavy atom. The Bertz CT molecular complexity index is 450. The number of halogens is 2. The van der Waals surface area contributed by atoms with Crippen molar-refractivity contribution in [1.82, 2.24) is 15.5 Å². The molecule has 0 aromatic heterocycles. The molecule has 0 aliphatic rings. The first-order valence-corrected chi connectivity index (χ1v) is 8.11. The van der Waals surface area contributed by atoms with Gasteiger partial charge in [-0.3, -0.25) is 4.99 Å². The van der Waals surface area contributed by atoms with E-state index in [0.717, 1.165) is 44.1 Å². The van der Waals surface area contributed by atoms with E-state index in [9.17, 15) is 4.39 Å². The summed E-state index contributed by atoms with van der Waals surface area (Å²) in [6.07, 6.45) is 1.72. The van der Waals surface area contributed by atoms with Crippen LogP contribution in [0.5, 0.6) is 0 Å². The van der Waals surface area contributed by atoms with E-state index in [4.69, 9.17) is 0 Å². The number of hydrogen-bond acceptors (Lipinski definition) is 2. The van der Waals surface area contributed by atoms with E-state index in [1.54, 1.807) is 13.1 Å². The summed E-state index contributed by atoms with van der Waals surface area (Å²) in [5.41, 5.74) is 0.729. The number of benzene rings is 1. The molecule has 0 unspecified atom stereocenters. The van der Waals surface area contributed by atoms with E-state index >= 15 is 0 Å². The summed E-state index contributed by atoms with van der Waals surface area (Å²) in [6.45, 7) is 9.18. The molecule has 0 heterocycles. The lowest BCUT2D eigenvalue weighted by Gasteiger charge is -2.18. The third-order valence-electron chi connectivity index (χ3n) is 3.71. The van der Waals surface area contributed by atoms with E-state index in [1.165, 1.54) is 6.07 Å². The fourth-order valence-electron chi connectivity index (χ4n) is 2.29. The van der Waals surface area contributed by atoms with Gasteiger partial charge in [-0.05, 0) is 44.1 Å². The molecule has 132 valence electrons. The minimum Gasteiger partial charge on any atom is -0.356 e. The summed E-state index contributed by atoms with van der Waals surface area (Å²) in [4.78, 5) is 6.58. The quantitative estimate of drug-likeness (QED) is 0.271. The van der Waals surface area contributed by atoms with Crippen LogP contribution in [0.1, 0.15) is 25.8 Å². The van der Waals surface area contributed by atoms with E-state index < -0.39 is 0 Å². The zero-order chi connectivity index (χ0) is 16.2. The fraction of sp³-hybridized carbons (Fsp3) is 0.588. The number of nitrogens with one attached hydrogen (secondary N) is 2. The standard InChI is InChI=1S/C17H29FN4.HI/c1-4-22(5-2)14-8-12-20-17(19-3)21-13-11-15-9-6-7-10-16(15)18;/h6-7,9-10H,4-5,8,11-14H2,1-3H3,(H2,19,20,21);1H. The van der Waals surface area contributed by atoms with Crippen LogP contribution in [0.2, 0.25) is 0 Å². The zero-order valence-corrected chi connectivity index (χ0v) is 16.8. The van der Waals surface area contributed by atoms with Gasteiger partial charge in [0.25, 0.3) is 0 Å². The number of aliphatic imine (C=N–C) groups is 1. The average Bonchev–Trinajstić information content (AvgIpc) is 2.55. The predicted octanol–water partition coefficient (Wildman–Crippen LogP) is 2.88. The highest BCUT2D eigenvalue weighted by Crippen LogP contribution is 2.05. The SMILES string of the molecule is CCN(CC)CCCNC(=NC)NCCc1ccccc1F.I. The maximum Gasteiger partial charge on any atom is 0.190 e. The lowest BCUT2D eigenvalue weighted by atomic mass is 10.1. The Kier molecular flexibility index (Phi) is 13.0. The highest BCUT2D eigenvalue weighted by atomic mass is 127. The van der Waals surface area contributed by atoms with Crippen molar-refractivity contribution < 1.29 is 4.39 Å². The summed E-state index contributed by atoms with van der Waals surface area (Å²) in [5.74, 6) is 0.627. The molecular formula is C17H30FIN4. The van der Waals surface area contributed by atoms with E-state index in [0.29, 0.717) is 13.0 Å². The maximum absolute atomic E-state index is 13.5. The van der Waals surface area contributed by atoms with Crippen molar-refractivity contribution >= 4 is 29.9 Å². The first-order valence-electron chi connectivity index (χ1n) is 8.11. The van der Waals surface area contributed by atoms with Crippen molar-refractivity contribution in [3.8, 4) is 0 Å². The van der Waals surface area contributed by atoms with Gasteiger partial charge in [0.05, 0.1) is 0 Å². The van der Waals surface area contributed by atoms with Crippen molar-refractivity contribution in [1.29, 1.82) is 0 Å². The molecule has 0 aliphatic heterocycles. The van der Waals surface area contributed by atoms with E-state index in [1.807, 2.05) is 12.1 Å². The second-order valence-corrected chi connectivity index (χ2v) is 5.15. The van der Waals surface area contributed by atoms with Crippen LogP contribution in [0, 0.1) is 5.82 Å². The van der Waals surface area contributed by atoms with Crippen molar-refractivity contribution in [2.75, 3.05) is 39.8 Å². The zero-order valence-electron chi connectivity index (χ0n) is 14.4. The molecule has 1 aromatic rings. The minimum atomic E-state index is -0.147. The van der Waals surface area contributed by atoms with Crippen molar-refractivity contribution in [2.45, 2.75) is 26.7 Å². The van der Waals surface area contributed by atoms with Crippen LogP contribution in [0.3, 0.4) is 0 Å². The van der Waals surface area contributed by atoms with Crippen LogP contribution in [0.4, 0.5) is 4.39 Å². The van der Waals surface area contributed by atoms with Gasteiger partial charge < -0.3 is 15.5 Å². The molecule has 0 aliphatic carbocycles. The van der Waals surface area contributed by atoms with Gasteiger partial charge in [0.2, 0.25) is 0 Å². The summed E-state index contributed by atoms with van der Waals surface area (Å²) in [7, 11) is 1.75. The van der Waals surface area contributed by atoms with Gasteiger partial charge >= 0.3 is 0 Å². The molecule has 0 radical (unpaired) electrons. The molecule has 0 fully saturated rings. The first-order chi connectivity index (χ1) is 10.7. The van der Waals surface area contributed by atoms with Crippen molar-refractivity contribution in [3.05, 3.63) is 35.6 Å². The lowest BCUT2D eigenvalue weighted by molar-refractivity contribution is 0.300. The molecule has 1 aromatic carbocycles. The fourth-order valence-corrected chi connectivity index (χ4v) is 2.29. The predicted molar refractivity (Wildman–Crippen MR) is 107 cm³/mol. The van der Waals surface area contributed by atoms with Gasteiger partial charge in [-0.1, -0.05) is 32.0 Å². The number of rotatable bonds is 9. The molecule has 0 saturated carbocycles. The van der Waals surface area contributed by atoms with Gasteiger partial charge in [-0.25, -0.2) is 4.39 Å². The molecule has 0 atom stereocenters. The molecule has 23 heavy (non-hydrogen) atoms. The monoisotopic (exact) mass is 436 g/mol. The Balaban J connectivity index is 0.00000484. The first kappa shape index (κ1) is 22.1. The molecule has 2 N–H and O–H groups in total. The van der Waals surface area contributed by atoms with Gasteiger partial charge in [-0.15, -0.1) is 24.0 Å². The molecule has 0 amide bonds. The molecule has 0 spiro atoms. The normalized spacial score (nSPS) is 11.3. The van der Waals surface area contributed by atoms with Crippen LogP contribution in [-0.2, 0) is 6.42 Å². The van der Waals surface area contributed by atoms with Crippen LogP contribution < -0.4 is 10.6 Å². The highest BCUT2D eigenvalue weighted by molar-refractivity contribution is 14.0. The lowest BCUT2D eigenvalue weighted by Crippen LogP contribution is -2.39. The van der Waals surface area contributed by atoms with Crippen LogP contribution in [0.25, 0.3) is 0 Å². The van der Waals surface area contributed by atoms with Crippen molar-refractivity contribution in [2.24, 2.45) is 4.99 Å². The summed E-state index contributed by atoms with van der Waals surface area (Å²) in [5, 5.41) is 6.51. The Labute approximate surface area is 157 Å². The molecular weight excluding hydrogens is 406 g/mol. The Morgan fingerprint density at radius 3 is 2.39 bits per heavy atom. The minimum absolute atomic E-state index is 0. The molecule has 6 heteroatoms. The van der Waals surface area contributed by atoms with Crippen LogP contribution >= 0.6 is 24.0 Å². The van der Waals surface area contributed by atoms with Crippen molar-refractivity contribution in [3.63, 3.8) is 0 Å².